The van der Waals surface area contributed by atoms with Gasteiger partial charge in [0.05, 0.1) is 29.0 Å². The van der Waals surface area contributed by atoms with Gasteiger partial charge in [-0.25, -0.2) is 14.2 Å². The van der Waals surface area contributed by atoms with E-state index in [-0.39, 0.29) is 29.1 Å². The average Bonchev–Trinajstić information content (AvgIpc) is 3.08. The Morgan fingerprint density at radius 2 is 2.10 bits per heavy atom. The number of carbonyl (C=O) groups excluding carboxylic acids is 1. The molecule has 0 bridgehead atoms. The maximum atomic E-state index is 14.3. The Morgan fingerprint density at radius 3 is 2.87 bits per heavy atom. The Bertz CT molecular complexity index is 1300. The topological polar surface area (TPSA) is 107 Å². The Hall–Kier alpha value is -3.10. The smallest absolute Gasteiger partial charge is 0.340 e. The Kier molecular flexibility index (Phi) is 4.23. The van der Waals surface area contributed by atoms with Gasteiger partial charge in [-0.05, 0) is 49.6 Å². The molecule has 0 fully saturated rings. The van der Waals surface area contributed by atoms with Crippen LogP contribution in [0, 0.1) is 12.7 Å². The molecule has 0 radical (unpaired) electrons. The zero-order chi connectivity index (χ0) is 21.2. The van der Waals surface area contributed by atoms with Crippen molar-refractivity contribution in [1.29, 1.82) is 0 Å². The Balaban J connectivity index is 1.80. The summed E-state index contributed by atoms with van der Waals surface area (Å²) in [7, 11) is 0. The molecular weight excluding hydrogens is 389 g/mol. The van der Waals surface area contributed by atoms with E-state index in [0.717, 1.165) is 22.9 Å². The van der Waals surface area contributed by atoms with Gasteiger partial charge < -0.3 is 20.1 Å². The first-order chi connectivity index (χ1) is 14.4. The number of halogens is 1. The van der Waals surface area contributed by atoms with Gasteiger partial charge in [-0.15, -0.1) is 0 Å². The van der Waals surface area contributed by atoms with Crippen LogP contribution in [0.5, 0.6) is 0 Å². The highest BCUT2D eigenvalue weighted by molar-refractivity contribution is 5.89. The minimum absolute atomic E-state index is 0.166. The SMILES string of the molecule is Cc1cc2c(CCCN)c3c(nc2cc1F)-c1cc2c(c(=O)n1C3)COC(=O)[C@H]2O. The maximum absolute atomic E-state index is 14.3. The normalized spacial score (nSPS) is 16.9. The monoisotopic (exact) mass is 409 g/mol. The highest BCUT2D eigenvalue weighted by Crippen LogP contribution is 2.38. The second-order valence-electron chi connectivity index (χ2n) is 7.79. The summed E-state index contributed by atoms with van der Waals surface area (Å²) in [5.41, 5.74) is 9.94. The largest absolute Gasteiger partial charge is 0.458 e. The fraction of sp³-hybridized carbons (Fsp3) is 0.318. The van der Waals surface area contributed by atoms with E-state index >= 15 is 0 Å². The number of aromatic nitrogens is 2. The number of esters is 1. The van der Waals surface area contributed by atoms with Crippen LogP contribution in [-0.2, 0) is 29.1 Å². The highest BCUT2D eigenvalue weighted by Gasteiger charge is 2.34. The van der Waals surface area contributed by atoms with Crippen LogP contribution in [0.15, 0.2) is 23.0 Å². The summed E-state index contributed by atoms with van der Waals surface area (Å²) in [4.78, 5) is 29.6. The number of rotatable bonds is 3. The minimum Gasteiger partial charge on any atom is -0.458 e. The third-order valence-corrected chi connectivity index (χ3v) is 5.99. The number of carbonyl (C=O) groups is 1. The van der Waals surface area contributed by atoms with Crippen molar-refractivity contribution in [2.24, 2.45) is 5.73 Å². The van der Waals surface area contributed by atoms with Gasteiger partial charge in [0.25, 0.3) is 5.56 Å². The summed E-state index contributed by atoms with van der Waals surface area (Å²) in [6.45, 7) is 2.37. The van der Waals surface area contributed by atoms with Gasteiger partial charge in [-0.2, -0.15) is 0 Å². The van der Waals surface area contributed by atoms with E-state index < -0.39 is 12.1 Å². The molecule has 0 saturated heterocycles. The lowest BCUT2D eigenvalue weighted by atomic mass is 9.95. The molecule has 8 heteroatoms. The predicted octanol–water partition coefficient (Wildman–Crippen LogP) is 1.85. The number of nitrogens with two attached hydrogens (primary N) is 1. The van der Waals surface area contributed by atoms with Crippen molar-refractivity contribution in [3.8, 4) is 11.4 Å². The van der Waals surface area contributed by atoms with Crippen LogP contribution < -0.4 is 11.3 Å². The quantitative estimate of drug-likeness (QED) is 0.500. The van der Waals surface area contributed by atoms with Crippen molar-refractivity contribution < 1.29 is 19.0 Å². The van der Waals surface area contributed by atoms with Gasteiger partial charge in [0.15, 0.2) is 6.10 Å². The van der Waals surface area contributed by atoms with E-state index in [4.69, 9.17) is 10.5 Å². The number of aliphatic hydroxyl groups excluding tert-OH is 1. The van der Waals surface area contributed by atoms with E-state index in [0.29, 0.717) is 42.0 Å². The standard InChI is InChI=1S/C22H20FN3O4/c1-10-5-12-11(3-2-4-24)14-8-26-18(19(14)25-17(12)7-16(10)23)6-13-15(21(26)28)9-30-22(29)20(13)27/h5-7,20,27H,2-4,8-9,24H2,1H3/t20-/m0/s1. The molecule has 154 valence electrons. The second kappa shape index (κ2) is 6.72. The molecule has 1 atom stereocenters. The zero-order valence-corrected chi connectivity index (χ0v) is 16.4. The van der Waals surface area contributed by atoms with Gasteiger partial charge in [0, 0.05) is 22.6 Å². The number of hydrogen-bond donors (Lipinski definition) is 2. The maximum Gasteiger partial charge on any atom is 0.340 e. The molecule has 4 heterocycles. The molecule has 1 aromatic carbocycles. The number of cyclic esters (lactones) is 1. The fourth-order valence-corrected chi connectivity index (χ4v) is 4.40. The molecule has 0 saturated carbocycles. The van der Waals surface area contributed by atoms with Gasteiger partial charge >= 0.3 is 5.97 Å². The number of fused-ring (bicyclic) bond motifs is 5. The van der Waals surface area contributed by atoms with E-state index in [2.05, 4.69) is 4.98 Å². The van der Waals surface area contributed by atoms with Crippen LogP contribution in [0.2, 0.25) is 0 Å². The van der Waals surface area contributed by atoms with Crippen LogP contribution in [0.3, 0.4) is 0 Å². The summed E-state index contributed by atoms with van der Waals surface area (Å²) in [5, 5.41) is 11.1. The van der Waals surface area contributed by atoms with Crippen LogP contribution in [0.1, 0.15) is 40.3 Å². The molecule has 0 spiro atoms. The number of nitrogens with zero attached hydrogens (tertiary/aromatic N) is 2. The number of ether oxygens (including phenoxy) is 1. The highest BCUT2D eigenvalue weighted by atomic mass is 19.1. The number of benzene rings is 1. The lowest BCUT2D eigenvalue weighted by Crippen LogP contribution is -2.32. The second-order valence-corrected chi connectivity index (χ2v) is 7.79. The van der Waals surface area contributed by atoms with Crippen LogP contribution in [0.25, 0.3) is 22.3 Å². The van der Waals surface area contributed by atoms with Crippen LogP contribution >= 0.6 is 0 Å². The number of pyridine rings is 2. The molecular formula is C22H20FN3O4. The average molecular weight is 409 g/mol. The first kappa shape index (κ1) is 18.9. The minimum atomic E-state index is -1.51. The van der Waals surface area contributed by atoms with Crippen molar-refractivity contribution in [3.63, 3.8) is 0 Å². The Morgan fingerprint density at radius 1 is 1.30 bits per heavy atom. The molecule has 0 aliphatic carbocycles. The lowest BCUT2D eigenvalue weighted by Gasteiger charge is -2.21. The van der Waals surface area contributed by atoms with Gasteiger partial charge in [0.2, 0.25) is 0 Å². The molecule has 2 aliphatic rings. The molecule has 7 nitrogen and oxygen atoms in total. The summed E-state index contributed by atoms with van der Waals surface area (Å²) in [6, 6.07) is 4.82. The van der Waals surface area contributed by atoms with Crippen molar-refractivity contribution in [1.82, 2.24) is 9.55 Å². The summed E-state index contributed by atoms with van der Waals surface area (Å²) < 4.78 is 20.8. The lowest BCUT2D eigenvalue weighted by molar-refractivity contribution is -0.157. The number of hydrogen-bond acceptors (Lipinski definition) is 6. The zero-order valence-electron chi connectivity index (χ0n) is 16.4. The van der Waals surface area contributed by atoms with Crippen molar-refractivity contribution >= 4 is 16.9 Å². The molecule has 0 unspecified atom stereocenters. The molecule has 0 amide bonds. The van der Waals surface area contributed by atoms with E-state index in [1.165, 1.54) is 6.07 Å². The summed E-state index contributed by atoms with van der Waals surface area (Å²) in [5.74, 6) is -1.13. The molecule has 3 aromatic rings. The van der Waals surface area contributed by atoms with Gasteiger partial charge in [-0.1, -0.05) is 0 Å². The van der Waals surface area contributed by atoms with Crippen LogP contribution in [0.4, 0.5) is 4.39 Å². The first-order valence-electron chi connectivity index (χ1n) is 9.84. The van der Waals surface area contributed by atoms with E-state index in [9.17, 15) is 19.1 Å². The van der Waals surface area contributed by atoms with Crippen molar-refractivity contribution in [3.05, 3.63) is 62.2 Å². The third-order valence-electron chi connectivity index (χ3n) is 5.99. The molecule has 2 aliphatic heterocycles. The van der Waals surface area contributed by atoms with Gasteiger partial charge in [0.1, 0.15) is 12.4 Å². The molecule has 3 N–H and O–H groups in total. The van der Waals surface area contributed by atoms with E-state index in [1.54, 1.807) is 23.6 Å². The first-order valence-corrected chi connectivity index (χ1v) is 9.84. The van der Waals surface area contributed by atoms with E-state index in [1.807, 2.05) is 0 Å². The van der Waals surface area contributed by atoms with Crippen molar-refractivity contribution in [2.75, 3.05) is 6.54 Å². The third kappa shape index (κ3) is 2.60. The predicted molar refractivity (Wildman–Crippen MR) is 107 cm³/mol. The van der Waals surface area contributed by atoms with Crippen molar-refractivity contribution in [2.45, 2.75) is 39.0 Å². The number of aryl methyl sites for hydroxylation is 2. The summed E-state index contributed by atoms with van der Waals surface area (Å²) >= 11 is 0. The fourth-order valence-electron chi connectivity index (χ4n) is 4.40. The number of aliphatic hydroxyl groups is 1. The summed E-state index contributed by atoms with van der Waals surface area (Å²) in [6.07, 6.45) is -0.0888. The van der Waals surface area contributed by atoms with Gasteiger partial charge in [-0.3, -0.25) is 4.79 Å². The molecule has 30 heavy (non-hydrogen) atoms. The Labute approximate surface area is 170 Å². The molecule has 5 rings (SSSR count). The molecule has 2 aromatic heterocycles. The van der Waals surface area contributed by atoms with Crippen LogP contribution in [-0.4, -0.2) is 27.2 Å².